The molecule has 0 bridgehead atoms. The van der Waals surface area contributed by atoms with Gasteiger partial charge in [0.05, 0.1) is 22.5 Å². The first-order valence-corrected chi connectivity index (χ1v) is 10.9. The van der Waals surface area contributed by atoms with Gasteiger partial charge in [0.1, 0.15) is 0 Å². The number of rotatable bonds is 6. The summed E-state index contributed by atoms with van der Waals surface area (Å²) in [5, 5.41) is 11.7. The van der Waals surface area contributed by atoms with Crippen molar-refractivity contribution in [1.82, 2.24) is 29.9 Å². The lowest BCUT2D eigenvalue weighted by molar-refractivity contribution is -0.141. The Hall–Kier alpha value is -3.69. The monoisotopic (exact) mass is 470 g/mol. The number of hydrogen-bond acceptors (Lipinski definition) is 4. The maximum atomic E-state index is 13.1. The number of halogens is 3. The SMILES string of the molecule is Cc1nn(C)c(C)c1-c1cc(C(=O)NCCCn2nc(C(F)(F)F)cc2C)c2ccccc2n1. The highest BCUT2D eigenvalue weighted by molar-refractivity contribution is 6.07. The van der Waals surface area contributed by atoms with Crippen molar-refractivity contribution in [3.63, 3.8) is 0 Å². The van der Waals surface area contributed by atoms with Gasteiger partial charge in [-0.05, 0) is 45.4 Å². The number of hydrogen-bond donors (Lipinski definition) is 1. The topological polar surface area (TPSA) is 77.6 Å². The van der Waals surface area contributed by atoms with Crippen LogP contribution in [-0.4, -0.2) is 37.0 Å². The van der Waals surface area contributed by atoms with Crippen molar-refractivity contribution < 1.29 is 18.0 Å². The normalized spacial score (nSPS) is 11.9. The van der Waals surface area contributed by atoms with Gasteiger partial charge in [-0.1, -0.05) is 18.2 Å². The Kier molecular flexibility index (Phi) is 6.16. The molecule has 1 aromatic carbocycles. The first kappa shape index (κ1) is 23.5. The van der Waals surface area contributed by atoms with Crippen LogP contribution >= 0.6 is 0 Å². The Balaban J connectivity index is 1.53. The van der Waals surface area contributed by atoms with Gasteiger partial charge in [-0.25, -0.2) is 4.98 Å². The van der Waals surface area contributed by atoms with Crippen molar-refractivity contribution in [3.05, 3.63) is 64.7 Å². The summed E-state index contributed by atoms with van der Waals surface area (Å²) in [6, 6.07) is 10.2. The number of fused-ring (bicyclic) bond motifs is 1. The molecular weight excluding hydrogens is 445 g/mol. The molecule has 4 rings (SSSR count). The van der Waals surface area contributed by atoms with Crippen molar-refractivity contribution >= 4 is 16.8 Å². The third kappa shape index (κ3) is 4.52. The maximum Gasteiger partial charge on any atom is 0.435 e. The van der Waals surface area contributed by atoms with E-state index >= 15 is 0 Å². The summed E-state index contributed by atoms with van der Waals surface area (Å²) in [7, 11) is 1.86. The number of nitrogens with zero attached hydrogens (tertiary/aromatic N) is 5. The molecule has 7 nitrogen and oxygen atoms in total. The summed E-state index contributed by atoms with van der Waals surface area (Å²) in [4.78, 5) is 17.9. The zero-order valence-electron chi connectivity index (χ0n) is 19.4. The van der Waals surface area contributed by atoms with Gasteiger partial charge in [0.15, 0.2) is 5.69 Å². The van der Waals surface area contributed by atoms with E-state index < -0.39 is 11.9 Å². The van der Waals surface area contributed by atoms with E-state index in [0.717, 1.165) is 28.4 Å². The van der Waals surface area contributed by atoms with Gasteiger partial charge in [-0.3, -0.25) is 14.2 Å². The van der Waals surface area contributed by atoms with Crippen LogP contribution in [-0.2, 0) is 19.8 Å². The predicted octanol–water partition coefficient (Wildman–Crippen LogP) is 4.60. The third-order valence-electron chi connectivity index (χ3n) is 5.83. The second kappa shape index (κ2) is 8.92. The largest absolute Gasteiger partial charge is 0.435 e. The number of nitrogens with one attached hydrogen (secondary N) is 1. The number of carbonyl (C=O) groups is 1. The number of para-hydroxylation sites is 1. The van der Waals surface area contributed by atoms with Gasteiger partial charge in [0.25, 0.3) is 5.91 Å². The van der Waals surface area contributed by atoms with Crippen molar-refractivity contribution in [2.45, 2.75) is 39.9 Å². The minimum absolute atomic E-state index is 0.263. The third-order valence-corrected chi connectivity index (χ3v) is 5.83. The summed E-state index contributed by atoms with van der Waals surface area (Å²) >= 11 is 0. The second-order valence-electron chi connectivity index (χ2n) is 8.24. The Labute approximate surface area is 194 Å². The Morgan fingerprint density at radius 1 is 1.09 bits per heavy atom. The number of alkyl halides is 3. The standard InChI is InChI=1S/C24H25F3N6O/c1-14-12-21(24(25,26)27)31-33(14)11-7-10-28-23(34)18-13-20(22-15(2)30-32(4)16(22)3)29-19-9-6-5-8-17(18)19/h5-6,8-9,12-13H,7,10-11H2,1-4H3,(H,28,34). The summed E-state index contributed by atoms with van der Waals surface area (Å²) < 4.78 is 41.7. The molecule has 0 fully saturated rings. The van der Waals surface area contributed by atoms with Crippen molar-refractivity contribution in [2.75, 3.05) is 6.54 Å². The van der Waals surface area contributed by atoms with Crippen molar-refractivity contribution in [3.8, 4) is 11.3 Å². The molecule has 0 aliphatic heterocycles. The number of aromatic nitrogens is 5. The second-order valence-corrected chi connectivity index (χ2v) is 8.24. The minimum atomic E-state index is -4.48. The lowest BCUT2D eigenvalue weighted by Gasteiger charge is -2.11. The first-order chi connectivity index (χ1) is 16.1. The molecule has 0 aliphatic rings. The van der Waals surface area contributed by atoms with E-state index in [-0.39, 0.29) is 19.0 Å². The van der Waals surface area contributed by atoms with E-state index in [2.05, 4.69) is 15.5 Å². The number of aryl methyl sites for hydroxylation is 4. The van der Waals surface area contributed by atoms with Gasteiger partial charge in [-0.15, -0.1) is 0 Å². The van der Waals surface area contributed by atoms with E-state index in [9.17, 15) is 18.0 Å². The molecule has 1 N–H and O–H groups in total. The summed E-state index contributed by atoms with van der Waals surface area (Å²) in [5.74, 6) is -0.271. The highest BCUT2D eigenvalue weighted by Crippen LogP contribution is 2.30. The minimum Gasteiger partial charge on any atom is -0.352 e. The Bertz CT molecular complexity index is 1370. The Morgan fingerprint density at radius 2 is 1.82 bits per heavy atom. The molecule has 3 heterocycles. The molecule has 34 heavy (non-hydrogen) atoms. The molecule has 3 aromatic heterocycles. The molecule has 0 unspecified atom stereocenters. The average molecular weight is 470 g/mol. The van der Waals surface area contributed by atoms with Crippen LogP contribution in [0.5, 0.6) is 0 Å². The van der Waals surface area contributed by atoms with Crippen LogP contribution in [0.4, 0.5) is 13.2 Å². The van der Waals surface area contributed by atoms with E-state index in [1.165, 1.54) is 4.68 Å². The average Bonchev–Trinajstić information content (AvgIpc) is 3.28. The van der Waals surface area contributed by atoms with E-state index in [4.69, 9.17) is 4.98 Å². The van der Waals surface area contributed by atoms with Gasteiger partial charge in [0.2, 0.25) is 0 Å². The number of carbonyl (C=O) groups excluding carboxylic acids is 1. The van der Waals surface area contributed by atoms with Gasteiger partial charge in [0, 0.05) is 42.5 Å². The lowest BCUT2D eigenvalue weighted by Crippen LogP contribution is -2.26. The molecule has 0 atom stereocenters. The summed E-state index contributed by atoms with van der Waals surface area (Å²) in [5.41, 5.74) is 4.01. The van der Waals surface area contributed by atoms with Crippen LogP contribution in [0.1, 0.15) is 39.6 Å². The van der Waals surface area contributed by atoms with E-state index in [1.807, 2.05) is 45.2 Å². The quantitative estimate of drug-likeness (QED) is 0.418. The molecule has 1 amide bonds. The molecule has 0 radical (unpaired) electrons. The highest BCUT2D eigenvalue weighted by atomic mass is 19.4. The van der Waals surface area contributed by atoms with Crippen LogP contribution in [0, 0.1) is 20.8 Å². The Morgan fingerprint density at radius 3 is 2.47 bits per heavy atom. The predicted molar refractivity (Wildman–Crippen MR) is 122 cm³/mol. The van der Waals surface area contributed by atoms with Gasteiger partial charge in [-0.2, -0.15) is 23.4 Å². The van der Waals surface area contributed by atoms with E-state index in [1.54, 1.807) is 17.7 Å². The molecule has 0 saturated heterocycles. The lowest BCUT2D eigenvalue weighted by atomic mass is 10.0. The van der Waals surface area contributed by atoms with E-state index in [0.29, 0.717) is 28.9 Å². The molecule has 0 aliphatic carbocycles. The number of benzene rings is 1. The van der Waals surface area contributed by atoms with Gasteiger partial charge >= 0.3 is 6.18 Å². The van der Waals surface area contributed by atoms with Crippen molar-refractivity contribution in [1.29, 1.82) is 0 Å². The smallest absolute Gasteiger partial charge is 0.352 e. The summed E-state index contributed by atoms with van der Waals surface area (Å²) in [6.45, 7) is 5.98. The molecule has 0 saturated carbocycles. The maximum absolute atomic E-state index is 13.1. The molecule has 0 spiro atoms. The van der Waals surface area contributed by atoms with Gasteiger partial charge < -0.3 is 5.32 Å². The number of pyridine rings is 1. The number of amides is 1. The first-order valence-electron chi connectivity index (χ1n) is 10.9. The molecule has 10 heteroatoms. The molecular formula is C24H25F3N6O. The van der Waals surface area contributed by atoms with Crippen molar-refractivity contribution in [2.24, 2.45) is 7.05 Å². The van der Waals surface area contributed by atoms with Crippen LogP contribution in [0.2, 0.25) is 0 Å². The fraction of sp³-hybridized carbons (Fsp3) is 0.333. The molecule has 4 aromatic rings. The van der Waals surface area contributed by atoms with Crippen LogP contribution in [0.3, 0.4) is 0 Å². The van der Waals surface area contributed by atoms with Crippen LogP contribution in [0.15, 0.2) is 36.4 Å². The fourth-order valence-corrected chi connectivity index (χ4v) is 4.04. The summed E-state index contributed by atoms with van der Waals surface area (Å²) in [6.07, 6.45) is -4.04. The zero-order chi connectivity index (χ0) is 24.6. The zero-order valence-corrected chi connectivity index (χ0v) is 19.4. The highest BCUT2D eigenvalue weighted by Gasteiger charge is 2.34. The molecule has 178 valence electrons. The fourth-order valence-electron chi connectivity index (χ4n) is 4.04. The van der Waals surface area contributed by atoms with Crippen LogP contribution in [0.25, 0.3) is 22.2 Å². The van der Waals surface area contributed by atoms with Crippen LogP contribution < -0.4 is 5.32 Å².